The zero-order valence-electron chi connectivity index (χ0n) is 13.2. The van der Waals surface area contributed by atoms with Crippen molar-refractivity contribution in [3.8, 4) is 0 Å². The number of aliphatic hydroxyl groups is 1. The molecule has 0 amide bonds. The molecule has 0 saturated heterocycles. The van der Waals surface area contributed by atoms with Gasteiger partial charge in [-0.25, -0.2) is 0 Å². The van der Waals surface area contributed by atoms with Crippen molar-refractivity contribution in [3.05, 3.63) is 24.6 Å². The third-order valence-corrected chi connectivity index (χ3v) is 3.82. The predicted molar refractivity (Wildman–Crippen MR) is 86.0 cm³/mol. The van der Waals surface area contributed by atoms with Crippen molar-refractivity contribution in [2.24, 2.45) is 0 Å². The normalized spacial score (nSPS) is 19.8. The SMILES string of the molecule is CCCC/C=C/CCCCCCC1NC=CN1C(C)O. The minimum Gasteiger partial charge on any atom is -0.374 e. The Bertz CT molecular complexity index is 287. The standard InChI is InChI=1S/C17H32N2O/c1-3-4-5-6-7-8-9-10-11-12-13-17-18-14-15-19(17)16(2)20/h6-7,14-18,20H,3-5,8-13H2,1-2H3/b7-6+. The third-order valence-electron chi connectivity index (χ3n) is 3.82. The average Bonchev–Trinajstić information content (AvgIpc) is 2.89. The second-order valence-corrected chi connectivity index (χ2v) is 5.68. The average molecular weight is 280 g/mol. The lowest BCUT2D eigenvalue weighted by atomic mass is 10.1. The Labute approximate surface area is 124 Å². The number of aliphatic hydroxyl groups excluding tert-OH is 1. The molecular formula is C17H32N2O. The van der Waals surface area contributed by atoms with E-state index in [0.717, 1.165) is 6.42 Å². The molecule has 0 aromatic heterocycles. The van der Waals surface area contributed by atoms with Crippen LogP contribution < -0.4 is 5.32 Å². The largest absolute Gasteiger partial charge is 0.374 e. The smallest absolute Gasteiger partial charge is 0.125 e. The number of hydrogen-bond donors (Lipinski definition) is 2. The van der Waals surface area contributed by atoms with E-state index < -0.39 is 6.23 Å². The first-order valence-electron chi connectivity index (χ1n) is 8.29. The van der Waals surface area contributed by atoms with Crippen LogP contribution in [0.1, 0.15) is 71.6 Å². The molecule has 1 heterocycles. The zero-order chi connectivity index (χ0) is 14.6. The lowest BCUT2D eigenvalue weighted by molar-refractivity contribution is 0.0254. The Morgan fingerprint density at radius 1 is 1.15 bits per heavy atom. The summed E-state index contributed by atoms with van der Waals surface area (Å²) >= 11 is 0. The monoisotopic (exact) mass is 280 g/mol. The van der Waals surface area contributed by atoms with Gasteiger partial charge < -0.3 is 15.3 Å². The van der Waals surface area contributed by atoms with Crippen LogP contribution in [-0.2, 0) is 0 Å². The predicted octanol–water partition coefficient (Wildman–Crippen LogP) is 4.11. The van der Waals surface area contributed by atoms with Gasteiger partial charge in [0.1, 0.15) is 12.4 Å². The molecule has 0 fully saturated rings. The van der Waals surface area contributed by atoms with Crippen LogP contribution >= 0.6 is 0 Å². The van der Waals surface area contributed by atoms with Gasteiger partial charge in [0.2, 0.25) is 0 Å². The Balaban J connectivity index is 1.93. The van der Waals surface area contributed by atoms with Crippen molar-refractivity contribution in [2.45, 2.75) is 84.0 Å². The summed E-state index contributed by atoms with van der Waals surface area (Å²) < 4.78 is 0. The van der Waals surface area contributed by atoms with Gasteiger partial charge in [0.25, 0.3) is 0 Å². The summed E-state index contributed by atoms with van der Waals surface area (Å²) in [6.07, 6.45) is 19.7. The molecule has 0 aromatic carbocycles. The highest BCUT2D eigenvalue weighted by Crippen LogP contribution is 2.15. The highest BCUT2D eigenvalue weighted by molar-refractivity contribution is 4.94. The van der Waals surface area contributed by atoms with Crippen LogP contribution in [0.3, 0.4) is 0 Å². The molecule has 3 heteroatoms. The molecule has 3 nitrogen and oxygen atoms in total. The summed E-state index contributed by atoms with van der Waals surface area (Å²) in [5.41, 5.74) is 0. The second kappa shape index (κ2) is 10.8. The summed E-state index contributed by atoms with van der Waals surface area (Å²) in [6.45, 7) is 4.05. The zero-order valence-corrected chi connectivity index (χ0v) is 13.2. The topological polar surface area (TPSA) is 35.5 Å². The highest BCUT2D eigenvalue weighted by Gasteiger charge is 2.20. The molecule has 0 spiro atoms. The first kappa shape index (κ1) is 17.1. The van der Waals surface area contributed by atoms with Crippen molar-refractivity contribution >= 4 is 0 Å². The van der Waals surface area contributed by atoms with Crippen LogP contribution in [0.2, 0.25) is 0 Å². The van der Waals surface area contributed by atoms with Crippen LogP contribution in [0, 0.1) is 0 Å². The second-order valence-electron chi connectivity index (χ2n) is 5.68. The number of hydrogen-bond acceptors (Lipinski definition) is 3. The highest BCUT2D eigenvalue weighted by atomic mass is 16.3. The van der Waals surface area contributed by atoms with Gasteiger partial charge in [-0.15, -0.1) is 0 Å². The van der Waals surface area contributed by atoms with Gasteiger partial charge >= 0.3 is 0 Å². The van der Waals surface area contributed by atoms with Gasteiger partial charge in [-0.3, -0.25) is 0 Å². The van der Waals surface area contributed by atoms with E-state index in [1.54, 1.807) is 0 Å². The van der Waals surface area contributed by atoms with E-state index in [-0.39, 0.29) is 6.17 Å². The molecule has 116 valence electrons. The summed E-state index contributed by atoms with van der Waals surface area (Å²) in [6, 6.07) is 0. The van der Waals surface area contributed by atoms with E-state index in [2.05, 4.69) is 24.4 Å². The minimum absolute atomic E-state index is 0.281. The maximum atomic E-state index is 9.61. The van der Waals surface area contributed by atoms with Crippen LogP contribution in [0.5, 0.6) is 0 Å². The summed E-state index contributed by atoms with van der Waals surface area (Å²) in [4.78, 5) is 1.98. The van der Waals surface area contributed by atoms with Crippen molar-refractivity contribution in [1.29, 1.82) is 0 Å². The Morgan fingerprint density at radius 2 is 1.85 bits per heavy atom. The first-order valence-corrected chi connectivity index (χ1v) is 8.29. The summed E-state index contributed by atoms with van der Waals surface area (Å²) in [5.74, 6) is 0. The molecule has 0 aromatic rings. The lowest BCUT2D eigenvalue weighted by Gasteiger charge is -2.28. The molecule has 20 heavy (non-hydrogen) atoms. The van der Waals surface area contributed by atoms with E-state index in [1.807, 2.05) is 24.2 Å². The van der Waals surface area contributed by atoms with E-state index in [9.17, 15) is 5.11 Å². The maximum Gasteiger partial charge on any atom is 0.125 e. The van der Waals surface area contributed by atoms with Gasteiger partial charge in [0.05, 0.1) is 0 Å². The Kier molecular flexibility index (Phi) is 9.22. The Morgan fingerprint density at radius 3 is 2.55 bits per heavy atom. The van der Waals surface area contributed by atoms with E-state index in [1.165, 1.54) is 51.4 Å². The van der Waals surface area contributed by atoms with Gasteiger partial charge in [-0.1, -0.05) is 44.8 Å². The molecule has 2 unspecified atom stereocenters. The Hall–Kier alpha value is -0.960. The van der Waals surface area contributed by atoms with E-state index >= 15 is 0 Å². The fraction of sp³-hybridized carbons (Fsp3) is 0.765. The molecule has 0 aliphatic carbocycles. The number of nitrogens with zero attached hydrogens (tertiary/aromatic N) is 1. The van der Waals surface area contributed by atoms with Crippen LogP contribution in [0.4, 0.5) is 0 Å². The fourth-order valence-electron chi connectivity index (χ4n) is 2.56. The number of allylic oxidation sites excluding steroid dienone is 2. The van der Waals surface area contributed by atoms with Crippen molar-refractivity contribution < 1.29 is 5.11 Å². The molecular weight excluding hydrogens is 248 g/mol. The molecule has 1 aliphatic rings. The van der Waals surface area contributed by atoms with Crippen molar-refractivity contribution in [3.63, 3.8) is 0 Å². The fourth-order valence-corrected chi connectivity index (χ4v) is 2.56. The van der Waals surface area contributed by atoms with Gasteiger partial charge in [0, 0.05) is 12.4 Å². The van der Waals surface area contributed by atoms with Gasteiger partial charge in [-0.05, 0) is 39.0 Å². The number of unbranched alkanes of at least 4 members (excludes halogenated alkanes) is 6. The molecule has 0 saturated carbocycles. The third kappa shape index (κ3) is 6.99. The lowest BCUT2D eigenvalue weighted by Crippen LogP contribution is -2.40. The summed E-state index contributed by atoms with van der Waals surface area (Å²) in [7, 11) is 0. The minimum atomic E-state index is -0.403. The van der Waals surface area contributed by atoms with Gasteiger partial charge in [-0.2, -0.15) is 0 Å². The van der Waals surface area contributed by atoms with Crippen LogP contribution in [-0.4, -0.2) is 22.4 Å². The van der Waals surface area contributed by atoms with Crippen molar-refractivity contribution in [1.82, 2.24) is 10.2 Å². The van der Waals surface area contributed by atoms with E-state index in [0.29, 0.717) is 0 Å². The number of nitrogens with one attached hydrogen (secondary N) is 1. The molecule has 2 atom stereocenters. The number of rotatable bonds is 11. The maximum absolute atomic E-state index is 9.61. The molecule has 2 N–H and O–H groups in total. The molecule has 1 aliphatic heterocycles. The molecule has 1 rings (SSSR count). The van der Waals surface area contributed by atoms with Crippen molar-refractivity contribution in [2.75, 3.05) is 0 Å². The molecule has 0 radical (unpaired) electrons. The molecule has 0 bridgehead atoms. The van der Waals surface area contributed by atoms with Crippen LogP contribution in [0.25, 0.3) is 0 Å². The first-order chi connectivity index (χ1) is 9.75. The van der Waals surface area contributed by atoms with Gasteiger partial charge in [0.15, 0.2) is 0 Å². The quantitative estimate of drug-likeness (QED) is 0.441. The summed E-state index contributed by atoms with van der Waals surface area (Å²) in [5, 5.41) is 12.9. The van der Waals surface area contributed by atoms with E-state index in [4.69, 9.17) is 0 Å². The van der Waals surface area contributed by atoms with Crippen LogP contribution in [0.15, 0.2) is 24.6 Å².